The first-order chi connectivity index (χ1) is 9.11. The highest BCUT2D eigenvalue weighted by atomic mass is 79.9. The first-order valence-corrected chi connectivity index (χ1v) is 7.36. The van der Waals surface area contributed by atoms with Crippen LogP contribution in [-0.2, 0) is 0 Å². The van der Waals surface area contributed by atoms with E-state index in [4.69, 9.17) is 4.74 Å². The molecule has 0 aliphatic heterocycles. The molecule has 108 valence electrons. The summed E-state index contributed by atoms with van der Waals surface area (Å²) < 4.78 is 6.52. The first-order valence-electron chi connectivity index (χ1n) is 6.57. The topological polar surface area (TPSA) is 44.7 Å². The van der Waals surface area contributed by atoms with Crippen LogP contribution in [-0.4, -0.2) is 55.9 Å². The van der Waals surface area contributed by atoms with Gasteiger partial charge in [-0.15, -0.1) is 0 Å². The largest absolute Gasteiger partial charge is 0.491 e. The molecule has 0 fully saturated rings. The predicted molar refractivity (Wildman–Crippen MR) is 81.7 cm³/mol. The Labute approximate surface area is 123 Å². The molecule has 0 bridgehead atoms. The molecule has 0 aliphatic carbocycles. The number of rotatable bonds is 9. The SMILES string of the molecule is CCN(C)CCNCC(O)COc1ccc(Br)cc1. The Morgan fingerprint density at radius 1 is 1.37 bits per heavy atom. The minimum atomic E-state index is -0.490. The van der Waals surface area contributed by atoms with Crippen LogP contribution in [0.4, 0.5) is 0 Å². The molecule has 1 rings (SSSR count). The van der Waals surface area contributed by atoms with E-state index in [1.165, 1.54) is 0 Å². The van der Waals surface area contributed by atoms with Crippen molar-refractivity contribution < 1.29 is 9.84 Å². The number of hydrogen-bond acceptors (Lipinski definition) is 4. The molecular formula is C14H23BrN2O2. The second kappa shape index (κ2) is 9.31. The third kappa shape index (κ3) is 7.52. The molecule has 0 heterocycles. The lowest BCUT2D eigenvalue weighted by Gasteiger charge is -2.16. The van der Waals surface area contributed by atoms with Crippen LogP contribution >= 0.6 is 15.9 Å². The number of ether oxygens (including phenoxy) is 1. The number of hydrogen-bond donors (Lipinski definition) is 2. The van der Waals surface area contributed by atoms with Gasteiger partial charge in [0.25, 0.3) is 0 Å². The second-order valence-electron chi connectivity index (χ2n) is 4.52. The fourth-order valence-corrected chi connectivity index (χ4v) is 1.74. The molecule has 1 unspecified atom stereocenters. The molecule has 0 spiro atoms. The van der Waals surface area contributed by atoms with Gasteiger partial charge in [-0.2, -0.15) is 0 Å². The number of aliphatic hydroxyl groups excluding tert-OH is 1. The van der Waals surface area contributed by atoms with Crippen LogP contribution in [0.25, 0.3) is 0 Å². The maximum atomic E-state index is 9.78. The maximum Gasteiger partial charge on any atom is 0.119 e. The van der Waals surface area contributed by atoms with Crippen molar-refractivity contribution in [2.45, 2.75) is 13.0 Å². The Morgan fingerprint density at radius 3 is 2.68 bits per heavy atom. The van der Waals surface area contributed by atoms with Gasteiger partial charge in [-0.3, -0.25) is 0 Å². The monoisotopic (exact) mass is 330 g/mol. The summed E-state index contributed by atoms with van der Waals surface area (Å²) in [5.41, 5.74) is 0. The third-order valence-corrected chi connectivity index (χ3v) is 3.37. The zero-order valence-electron chi connectivity index (χ0n) is 11.6. The molecule has 1 aromatic carbocycles. The predicted octanol–water partition coefficient (Wildman–Crippen LogP) is 1.73. The van der Waals surface area contributed by atoms with E-state index in [1.54, 1.807) is 0 Å². The van der Waals surface area contributed by atoms with Gasteiger partial charge in [0, 0.05) is 24.1 Å². The number of nitrogens with one attached hydrogen (secondary N) is 1. The Morgan fingerprint density at radius 2 is 2.05 bits per heavy atom. The van der Waals surface area contributed by atoms with Gasteiger partial charge in [0.15, 0.2) is 0 Å². The molecule has 0 aromatic heterocycles. The van der Waals surface area contributed by atoms with Gasteiger partial charge in [-0.05, 0) is 37.9 Å². The summed E-state index contributed by atoms with van der Waals surface area (Å²) in [5, 5.41) is 13.0. The summed E-state index contributed by atoms with van der Waals surface area (Å²) >= 11 is 3.37. The number of likely N-dealkylation sites (N-methyl/N-ethyl adjacent to an activating group) is 1. The first kappa shape index (κ1) is 16.4. The normalized spacial score (nSPS) is 12.7. The molecular weight excluding hydrogens is 308 g/mol. The van der Waals surface area contributed by atoms with Crippen LogP contribution < -0.4 is 10.1 Å². The van der Waals surface area contributed by atoms with Crippen molar-refractivity contribution in [1.82, 2.24) is 10.2 Å². The van der Waals surface area contributed by atoms with Gasteiger partial charge in [0.1, 0.15) is 18.5 Å². The van der Waals surface area contributed by atoms with Crippen molar-refractivity contribution in [2.75, 3.05) is 39.8 Å². The van der Waals surface area contributed by atoms with E-state index in [0.29, 0.717) is 13.2 Å². The fraction of sp³-hybridized carbons (Fsp3) is 0.571. The quantitative estimate of drug-likeness (QED) is 0.677. The summed E-state index contributed by atoms with van der Waals surface area (Å²) in [6.07, 6.45) is -0.490. The molecule has 4 nitrogen and oxygen atoms in total. The minimum absolute atomic E-state index is 0.304. The van der Waals surface area contributed by atoms with Crippen LogP contribution in [0.1, 0.15) is 6.92 Å². The third-order valence-electron chi connectivity index (χ3n) is 2.85. The molecule has 0 saturated heterocycles. The van der Waals surface area contributed by atoms with Gasteiger partial charge < -0.3 is 20.1 Å². The molecule has 2 N–H and O–H groups in total. The van der Waals surface area contributed by atoms with E-state index in [0.717, 1.165) is 29.9 Å². The zero-order valence-corrected chi connectivity index (χ0v) is 13.2. The standard InChI is InChI=1S/C14H23BrN2O2/c1-3-17(2)9-8-16-10-13(18)11-19-14-6-4-12(15)5-7-14/h4-7,13,16,18H,3,8-11H2,1-2H3. The molecule has 0 aliphatic rings. The Kier molecular flexibility index (Phi) is 8.05. The average Bonchev–Trinajstić information content (AvgIpc) is 2.42. The highest BCUT2D eigenvalue weighted by Crippen LogP contribution is 2.16. The summed E-state index contributed by atoms with van der Waals surface area (Å²) in [7, 11) is 2.08. The second-order valence-corrected chi connectivity index (χ2v) is 5.43. The van der Waals surface area contributed by atoms with E-state index < -0.39 is 6.10 Å². The van der Waals surface area contributed by atoms with Gasteiger partial charge in [0.2, 0.25) is 0 Å². The Bertz CT molecular complexity index is 346. The van der Waals surface area contributed by atoms with Gasteiger partial charge in [0.05, 0.1) is 0 Å². The van der Waals surface area contributed by atoms with Crippen LogP contribution in [0.2, 0.25) is 0 Å². The summed E-state index contributed by atoms with van der Waals surface area (Å²) in [5.74, 6) is 0.771. The van der Waals surface area contributed by atoms with Crippen molar-refractivity contribution in [2.24, 2.45) is 0 Å². The lowest BCUT2D eigenvalue weighted by Crippen LogP contribution is -2.36. The highest BCUT2D eigenvalue weighted by molar-refractivity contribution is 9.10. The highest BCUT2D eigenvalue weighted by Gasteiger charge is 2.05. The fourth-order valence-electron chi connectivity index (χ4n) is 1.48. The zero-order chi connectivity index (χ0) is 14.1. The minimum Gasteiger partial charge on any atom is -0.491 e. The average molecular weight is 331 g/mol. The molecule has 1 aromatic rings. The van der Waals surface area contributed by atoms with Gasteiger partial charge in [-0.25, -0.2) is 0 Å². The van der Waals surface area contributed by atoms with Crippen LogP contribution in [0.15, 0.2) is 28.7 Å². The van der Waals surface area contributed by atoms with E-state index in [-0.39, 0.29) is 0 Å². The molecule has 19 heavy (non-hydrogen) atoms. The van der Waals surface area contributed by atoms with Crippen LogP contribution in [0, 0.1) is 0 Å². The van der Waals surface area contributed by atoms with E-state index in [2.05, 4.69) is 40.1 Å². The molecule has 5 heteroatoms. The van der Waals surface area contributed by atoms with Crippen molar-refractivity contribution in [3.63, 3.8) is 0 Å². The van der Waals surface area contributed by atoms with Crippen molar-refractivity contribution in [1.29, 1.82) is 0 Å². The van der Waals surface area contributed by atoms with Crippen LogP contribution in [0.5, 0.6) is 5.75 Å². The number of benzene rings is 1. The molecule has 0 saturated carbocycles. The van der Waals surface area contributed by atoms with Gasteiger partial charge in [-0.1, -0.05) is 22.9 Å². The Hall–Kier alpha value is -0.620. The van der Waals surface area contributed by atoms with Crippen molar-refractivity contribution in [3.8, 4) is 5.75 Å². The van der Waals surface area contributed by atoms with E-state index >= 15 is 0 Å². The number of aliphatic hydroxyl groups is 1. The van der Waals surface area contributed by atoms with E-state index in [9.17, 15) is 5.11 Å². The molecule has 1 atom stereocenters. The lowest BCUT2D eigenvalue weighted by atomic mass is 10.3. The Balaban J connectivity index is 2.10. The molecule has 0 amide bonds. The number of halogens is 1. The van der Waals surface area contributed by atoms with E-state index in [1.807, 2.05) is 24.3 Å². The summed E-state index contributed by atoms with van der Waals surface area (Å²) in [6.45, 7) is 5.88. The number of nitrogens with zero attached hydrogens (tertiary/aromatic N) is 1. The smallest absolute Gasteiger partial charge is 0.119 e. The summed E-state index contributed by atoms with van der Waals surface area (Å²) in [4.78, 5) is 2.22. The maximum absolute atomic E-state index is 9.78. The van der Waals surface area contributed by atoms with Crippen LogP contribution in [0.3, 0.4) is 0 Å². The lowest BCUT2D eigenvalue weighted by molar-refractivity contribution is 0.106. The summed E-state index contributed by atoms with van der Waals surface area (Å²) in [6, 6.07) is 7.59. The van der Waals surface area contributed by atoms with Gasteiger partial charge >= 0.3 is 0 Å². The van der Waals surface area contributed by atoms with Crippen molar-refractivity contribution in [3.05, 3.63) is 28.7 Å². The van der Waals surface area contributed by atoms with Crippen molar-refractivity contribution >= 4 is 15.9 Å². The molecule has 0 radical (unpaired) electrons.